The van der Waals surface area contributed by atoms with Crippen molar-refractivity contribution in [2.24, 2.45) is 0 Å². The fourth-order valence-electron chi connectivity index (χ4n) is 2.75. The Balaban J connectivity index is 1.83. The smallest absolute Gasteiger partial charge is 0.234 e. The lowest BCUT2D eigenvalue weighted by Crippen LogP contribution is -2.42. The van der Waals surface area contributed by atoms with Crippen LogP contribution in [0.1, 0.15) is 21.4 Å². The van der Waals surface area contributed by atoms with Crippen molar-refractivity contribution >= 4 is 28.6 Å². The molecule has 110 valence electrons. The Hall–Kier alpha value is -1.43. The number of thiophene rings is 2. The van der Waals surface area contributed by atoms with Gasteiger partial charge in [0.1, 0.15) is 0 Å². The molecule has 0 aliphatic carbocycles. The van der Waals surface area contributed by atoms with Crippen molar-refractivity contribution < 1.29 is 4.79 Å². The van der Waals surface area contributed by atoms with Crippen molar-refractivity contribution in [1.29, 1.82) is 0 Å². The minimum atomic E-state index is 0.0649. The number of fused-ring (bicyclic) bond motifs is 1. The van der Waals surface area contributed by atoms with Gasteiger partial charge in [-0.25, -0.2) is 0 Å². The standard InChI is InChI=1S/C16H18N2OS2/c1-2-7-17-15(19)11-18-8-5-13-12(6-10-21-13)16(18)14-4-3-9-20-14/h2-4,6,9-10,16H,1,5,7-8,11H2,(H,17,19)/t16-/m1/s1. The monoisotopic (exact) mass is 318 g/mol. The maximum atomic E-state index is 12.0. The van der Waals surface area contributed by atoms with Crippen molar-refractivity contribution in [1.82, 2.24) is 10.2 Å². The summed E-state index contributed by atoms with van der Waals surface area (Å²) in [6, 6.07) is 6.67. The first-order valence-corrected chi connectivity index (χ1v) is 8.77. The van der Waals surface area contributed by atoms with E-state index in [9.17, 15) is 4.79 Å². The number of nitrogens with one attached hydrogen (secondary N) is 1. The van der Waals surface area contributed by atoms with E-state index >= 15 is 0 Å². The van der Waals surface area contributed by atoms with Gasteiger partial charge in [0, 0.05) is 22.8 Å². The van der Waals surface area contributed by atoms with E-state index in [0.29, 0.717) is 13.1 Å². The molecule has 1 aliphatic rings. The van der Waals surface area contributed by atoms with Gasteiger partial charge in [0.2, 0.25) is 5.91 Å². The third-order valence-electron chi connectivity index (χ3n) is 3.67. The van der Waals surface area contributed by atoms with Gasteiger partial charge in [-0.3, -0.25) is 9.69 Å². The summed E-state index contributed by atoms with van der Waals surface area (Å²) in [4.78, 5) is 17.1. The number of rotatable bonds is 5. The number of amides is 1. The molecule has 3 rings (SSSR count). The van der Waals surface area contributed by atoms with Gasteiger partial charge in [0.25, 0.3) is 0 Å². The van der Waals surface area contributed by atoms with Gasteiger partial charge in [-0.1, -0.05) is 12.1 Å². The van der Waals surface area contributed by atoms with E-state index in [1.54, 1.807) is 17.4 Å². The molecule has 0 spiro atoms. The van der Waals surface area contributed by atoms with E-state index in [-0.39, 0.29) is 11.9 Å². The topological polar surface area (TPSA) is 32.3 Å². The fraction of sp³-hybridized carbons (Fsp3) is 0.312. The second-order valence-electron chi connectivity index (χ2n) is 5.03. The van der Waals surface area contributed by atoms with Gasteiger partial charge >= 0.3 is 0 Å². The summed E-state index contributed by atoms with van der Waals surface area (Å²) < 4.78 is 0. The molecule has 2 aromatic rings. The lowest BCUT2D eigenvalue weighted by atomic mass is 9.98. The summed E-state index contributed by atoms with van der Waals surface area (Å²) in [5.41, 5.74) is 1.37. The summed E-state index contributed by atoms with van der Waals surface area (Å²) in [7, 11) is 0. The first-order chi connectivity index (χ1) is 10.3. The molecule has 0 radical (unpaired) electrons. The highest BCUT2D eigenvalue weighted by atomic mass is 32.1. The second-order valence-corrected chi connectivity index (χ2v) is 7.01. The van der Waals surface area contributed by atoms with E-state index < -0.39 is 0 Å². The van der Waals surface area contributed by atoms with Crippen molar-refractivity contribution in [2.75, 3.05) is 19.6 Å². The largest absolute Gasteiger partial charge is 0.352 e. The highest BCUT2D eigenvalue weighted by Gasteiger charge is 2.31. The van der Waals surface area contributed by atoms with Gasteiger partial charge in [0.15, 0.2) is 0 Å². The molecule has 0 fully saturated rings. The molecule has 1 atom stereocenters. The molecular formula is C16H18N2OS2. The first kappa shape index (κ1) is 14.5. The molecule has 1 amide bonds. The van der Waals surface area contributed by atoms with Crippen molar-refractivity contribution in [2.45, 2.75) is 12.5 Å². The summed E-state index contributed by atoms with van der Waals surface area (Å²) in [5.74, 6) is 0.0649. The minimum absolute atomic E-state index is 0.0649. The second kappa shape index (κ2) is 6.56. The van der Waals surface area contributed by atoms with E-state index in [1.807, 2.05) is 11.3 Å². The van der Waals surface area contributed by atoms with Crippen LogP contribution in [0, 0.1) is 0 Å². The Labute approximate surface area is 132 Å². The lowest BCUT2D eigenvalue weighted by Gasteiger charge is -2.34. The molecule has 0 unspecified atom stereocenters. The van der Waals surface area contributed by atoms with E-state index in [0.717, 1.165) is 13.0 Å². The maximum absolute atomic E-state index is 12.0. The zero-order valence-electron chi connectivity index (χ0n) is 11.7. The Morgan fingerprint density at radius 3 is 3.10 bits per heavy atom. The van der Waals surface area contributed by atoms with Crippen LogP contribution in [0.3, 0.4) is 0 Å². The molecule has 0 aromatic carbocycles. The number of carbonyl (C=O) groups is 1. The van der Waals surface area contributed by atoms with E-state index in [2.05, 4.69) is 45.8 Å². The minimum Gasteiger partial charge on any atom is -0.352 e. The molecular weight excluding hydrogens is 300 g/mol. The highest BCUT2D eigenvalue weighted by Crippen LogP contribution is 2.39. The van der Waals surface area contributed by atoms with Crippen LogP contribution in [-0.4, -0.2) is 30.4 Å². The fourth-order valence-corrected chi connectivity index (χ4v) is 4.53. The predicted molar refractivity (Wildman–Crippen MR) is 89.0 cm³/mol. The zero-order valence-corrected chi connectivity index (χ0v) is 13.4. The van der Waals surface area contributed by atoms with Crippen LogP contribution >= 0.6 is 22.7 Å². The van der Waals surface area contributed by atoms with Crippen LogP contribution in [0.2, 0.25) is 0 Å². The van der Waals surface area contributed by atoms with Crippen molar-refractivity contribution in [3.05, 3.63) is 56.9 Å². The van der Waals surface area contributed by atoms with Gasteiger partial charge in [0.05, 0.1) is 12.6 Å². The molecule has 0 saturated carbocycles. The lowest BCUT2D eigenvalue weighted by molar-refractivity contribution is -0.122. The van der Waals surface area contributed by atoms with Crippen LogP contribution in [0.5, 0.6) is 0 Å². The molecule has 21 heavy (non-hydrogen) atoms. The van der Waals surface area contributed by atoms with Gasteiger partial charge in [-0.2, -0.15) is 0 Å². The molecule has 3 nitrogen and oxygen atoms in total. The molecule has 5 heteroatoms. The van der Waals surface area contributed by atoms with Gasteiger partial charge in [-0.05, 0) is 34.9 Å². The quantitative estimate of drug-likeness (QED) is 0.859. The average Bonchev–Trinajstić information content (AvgIpc) is 3.15. The highest BCUT2D eigenvalue weighted by molar-refractivity contribution is 7.10. The first-order valence-electron chi connectivity index (χ1n) is 7.01. The Kier molecular flexibility index (Phi) is 4.53. The average molecular weight is 318 g/mol. The Morgan fingerprint density at radius 1 is 1.43 bits per heavy atom. The summed E-state index contributed by atoms with van der Waals surface area (Å²) in [6.07, 6.45) is 2.74. The van der Waals surface area contributed by atoms with Crippen LogP contribution in [0.25, 0.3) is 0 Å². The van der Waals surface area contributed by atoms with Crippen LogP contribution in [0.15, 0.2) is 41.6 Å². The molecule has 1 aliphatic heterocycles. The SMILES string of the molecule is C=CCNC(=O)CN1CCc2sccc2[C@@H]1c1cccs1. The third-order valence-corrected chi connectivity index (χ3v) is 5.59. The van der Waals surface area contributed by atoms with E-state index in [1.165, 1.54) is 15.3 Å². The molecule has 0 saturated heterocycles. The molecule has 2 aromatic heterocycles. The van der Waals surface area contributed by atoms with Crippen molar-refractivity contribution in [3.8, 4) is 0 Å². The van der Waals surface area contributed by atoms with Crippen molar-refractivity contribution in [3.63, 3.8) is 0 Å². The number of carbonyl (C=O) groups excluding carboxylic acids is 1. The van der Waals surface area contributed by atoms with Gasteiger partial charge < -0.3 is 5.32 Å². The molecule has 3 heterocycles. The maximum Gasteiger partial charge on any atom is 0.234 e. The molecule has 0 bridgehead atoms. The summed E-state index contributed by atoms with van der Waals surface area (Å²) in [6.45, 7) is 5.52. The Bertz CT molecular complexity index is 618. The predicted octanol–water partition coefficient (Wildman–Crippen LogP) is 3.06. The van der Waals surface area contributed by atoms with Crippen LogP contribution in [0.4, 0.5) is 0 Å². The van der Waals surface area contributed by atoms with Gasteiger partial charge in [-0.15, -0.1) is 29.3 Å². The molecule has 1 N–H and O–H groups in total. The number of nitrogens with zero attached hydrogens (tertiary/aromatic N) is 1. The normalized spacial score (nSPS) is 18.2. The number of hydrogen-bond donors (Lipinski definition) is 1. The van der Waals surface area contributed by atoms with E-state index in [4.69, 9.17) is 0 Å². The van der Waals surface area contributed by atoms with Crippen LogP contribution < -0.4 is 5.32 Å². The number of hydrogen-bond acceptors (Lipinski definition) is 4. The summed E-state index contributed by atoms with van der Waals surface area (Å²) in [5, 5.41) is 7.13. The van der Waals surface area contributed by atoms with Crippen LogP contribution in [-0.2, 0) is 11.2 Å². The Morgan fingerprint density at radius 2 is 2.33 bits per heavy atom. The zero-order chi connectivity index (χ0) is 14.7. The third kappa shape index (κ3) is 3.10. The summed E-state index contributed by atoms with van der Waals surface area (Å²) >= 11 is 3.59.